The summed E-state index contributed by atoms with van der Waals surface area (Å²) in [5, 5.41) is 0. The molecule has 1 aliphatic rings. The molecule has 0 bridgehead atoms. The number of amides is 1. The first-order valence-electron chi connectivity index (χ1n) is 5.89. The van der Waals surface area contributed by atoms with Gasteiger partial charge in [-0.3, -0.25) is 9.63 Å². The fourth-order valence-electron chi connectivity index (χ4n) is 1.49. The molecule has 0 aliphatic carbocycles. The van der Waals surface area contributed by atoms with Gasteiger partial charge in [-0.25, -0.2) is 5.48 Å². The molecule has 94 valence electrons. The highest BCUT2D eigenvalue weighted by Crippen LogP contribution is 2.13. The van der Waals surface area contributed by atoms with Crippen LogP contribution < -0.4 is 5.48 Å². The summed E-state index contributed by atoms with van der Waals surface area (Å²) in [4.78, 5) is 16.2. The summed E-state index contributed by atoms with van der Waals surface area (Å²) in [5.74, 6) is -0.252. The van der Waals surface area contributed by atoms with Gasteiger partial charge < -0.3 is 9.47 Å². The lowest BCUT2D eigenvalue weighted by atomic mass is 10.1. The van der Waals surface area contributed by atoms with Crippen LogP contribution in [0.4, 0.5) is 0 Å². The molecular formula is C11H21NO4. The van der Waals surface area contributed by atoms with Gasteiger partial charge in [0, 0.05) is 6.61 Å². The van der Waals surface area contributed by atoms with Crippen molar-refractivity contribution in [3.8, 4) is 0 Å². The van der Waals surface area contributed by atoms with Crippen LogP contribution in [0.15, 0.2) is 0 Å². The third-order valence-electron chi connectivity index (χ3n) is 2.49. The largest absolute Gasteiger partial charge is 0.376 e. The molecule has 0 spiro atoms. The Morgan fingerprint density at radius 2 is 2.38 bits per heavy atom. The number of nitrogens with one attached hydrogen (secondary N) is 1. The van der Waals surface area contributed by atoms with Gasteiger partial charge in [0.15, 0.2) is 0 Å². The first-order chi connectivity index (χ1) is 7.74. The Morgan fingerprint density at radius 3 is 3.00 bits per heavy atom. The second-order valence-corrected chi connectivity index (χ2v) is 3.86. The van der Waals surface area contributed by atoms with Gasteiger partial charge in [-0.2, -0.15) is 0 Å². The third-order valence-corrected chi connectivity index (χ3v) is 2.49. The highest BCUT2D eigenvalue weighted by atomic mass is 16.7. The van der Waals surface area contributed by atoms with E-state index in [2.05, 4.69) is 5.48 Å². The van der Waals surface area contributed by atoms with Crippen molar-refractivity contribution in [2.45, 2.75) is 45.3 Å². The predicted molar refractivity (Wildman–Crippen MR) is 58.8 cm³/mol. The van der Waals surface area contributed by atoms with E-state index in [0.29, 0.717) is 13.2 Å². The summed E-state index contributed by atoms with van der Waals surface area (Å²) in [6.07, 6.45) is 2.94. The van der Waals surface area contributed by atoms with Gasteiger partial charge in [0.05, 0.1) is 19.3 Å². The van der Waals surface area contributed by atoms with Crippen molar-refractivity contribution in [3.63, 3.8) is 0 Å². The number of hydrogen-bond donors (Lipinski definition) is 1. The first-order valence-corrected chi connectivity index (χ1v) is 5.89. The number of carbonyl (C=O) groups excluding carboxylic acids is 1. The molecule has 2 atom stereocenters. The molecule has 16 heavy (non-hydrogen) atoms. The smallest absolute Gasteiger partial charge is 0.272 e. The Labute approximate surface area is 96.4 Å². The van der Waals surface area contributed by atoms with Crippen LogP contribution in [0.3, 0.4) is 0 Å². The Hall–Kier alpha value is -0.650. The van der Waals surface area contributed by atoms with Gasteiger partial charge in [0.1, 0.15) is 6.10 Å². The van der Waals surface area contributed by atoms with Crippen LogP contribution in [0.25, 0.3) is 0 Å². The summed E-state index contributed by atoms with van der Waals surface area (Å²) < 4.78 is 10.9. The zero-order valence-corrected chi connectivity index (χ0v) is 10.0. The fraction of sp³-hybridized carbons (Fsp3) is 0.909. The SMILES string of the molecule is CCONC(=O)C(C)OCC1CCCCO1. The van der Waals surface area contributed by atoms with Gasteiger partial charge in [-0.1, -0.05) is 0 Å². The van der Waals surface area contributed by atoms with Crippen molar-refractivity contribution in [2.75, 3.05) is 19.8 Å². The molecule has 1 N–H and O–H groups in total. The van der Waals surface area contributed by atoms with Crippen LogP contribution in [0.1, 0.15) is 33.1 Å². The highest BCUT2D eigenvalue weighted by Gasteiger charge is 2.18. The number of carbonyl (C=O) groups is 1. The van der Waals surface area contributed by atoms with E-state index in [0.717, 1.165) is 19.4 Å². The highest BCUT2D eigenvalue weighted by molar-refractivity contribution is 5.79. The van der Waals surface area contributed by atoms with E-state index in [1.807, 2.05) is 6.92 Å². The molecular weight excluding hydrogens is 210 g/mol. The lowest BCUT2D eigenvalue weighted by molar-refractivity contribution is -0.147. The molecule has 1 aliphatic heterocycles. The minimum Gasteiger partial charge on any atom is -0.376 e. The van der Waals surface area contributed by atoms with Crippen molar-refractivity contribution in [2.24, 2.45) is 0 Å². The van der Waals surface area contributed by atoms with Crippen LogP contribution in [0.2, 0.25) is 0 Å². The zero-order valence-electron chi connectivity index (χ0n) is 10.0. The molecule has 1 heterocycles. The first kappa shape index (κ1) is 13.4. The van der Waals surface area contributed by atoms with E-state index >= 15 is 0 Å². The number of hydroxylamine groups is 1. The summed E-state index contributed by atoms with van der Waals surface area (Å²) in [6.45, 7) is 5.23. The maximum absolute atomic E-state index is 11.4. The van der Waals surface area contributed by atoms with Crippen LogP contribution in [0, 0.1) is 0 Å². The lowest BCUT2D eigenvalue weighted by Gasteiger charge is -2.23. The van der Waals surface area contributed by atoms with Gasteiger partial charge in [0.25, 0.3) is 5.91 Å². The molecule has 0 aromatic carbocycles. The molecule has 1 fully saturated rings. The van der Waals surface area contributed by atoms with Gasteiger partial charge in [-0.05, 0) is 33.1 Å². The van der Waals surface area contributed by atoms with Crippen molar-refractivity contribution >= 4 is 5.91 Å². The molecule has 1 rings (SSSR count). The molecule has 0 aromatic heterocycles. The Morgan fingerprint density at radius 1 is 1.56 bits per heavy atom. The second-order valence-electron chi connectivity index (χ2n) is 3.86. The molecule has 0 saturated carbocycles. The van der Waals surface area contributed by atoms with Crippen LogP contribution in [-0.4, -0.2) is 37.9 Å². The average Bonchev–Trinajstić information content (AvgIpc) is 2.34. The minimum absolute atomic E-state index is 0.135. The van der Waals surface area contributed by atoms with Crippen LogP contribution >= 0.6 is 0 Å². The number of hydrogen-bond acceptors (Lipinski definition) is 4. The van der Waals surface area contributed by atoms with E-state index in [-0.39, 0.29) is 12.0 Å². The van der Waals surface area contributed by atoms with Crippen LogP contribution in [0.5, 0.6) is 0 Å². The summed E-state index contributed by atoms with van der Waals surface area (Å²) >= 11 is 0. The van der Waals surface area contributed by atoms with E-state index in [1.54, 1.807) is 6.92 Å². The van der Waals surface area contributed by atoms with Gasteiger partial charge in [0.2, 0.25) is 0 Å². The molecule has 1 saturated heterocycles. The Balaban J connectivity index is 2.12. The molecule has 0 radical (unpaired) electrons. The number of rotatable bonds is 6. The van der Waals surface area contributed by atoms with Crippen molar-refractivity contribution in [1.82, 2.24) is 5.48 Å². The summed E-state index contributed by atoms with van der Waals surface area (Å²) in [6, 6.07) is 0. The average molecular weight is 231 g/mol. The Bertz CT molecular complexity index is 204. The quantitative estimate of drug-likeness (QED) is 0.694. The third kappa shape index (κ3) is 4.92. The molecule has 0 aromatic rings. The summed E-state index contributed by atoms with van der Waals surface area (Å²) in [5.41, 5.74) is 2.32. The molecule has 5 heteroatoms. The predicted octanol–water partition coefficient (Wildman–Crippen LogP) is 1.03. The maximum atomic E-state index is 11.4. The maximum Gasteiger partial charge on any atom is 0.272 e. The molecule has 5 nitrogen and oxygen atoms in total. The second kappa shape index (κ2) is 7.60. The standard InChI is InChI=1S/C11H21NO4/c1-3-16-12-11(13)9(2)15-8-10-6-4-5-7-14-10/h9-10H,3-8H2,1-2H3,(H,12,13). The lowest BCUT2D eigenvalue weighted by Crippen LogP contribution is -2.36. The number of ether oxygens (including phenoxy) is 2. The molecule has 1 amide bonds. The normalized spacial score (nSPS) is 22.8. The van der Waals surface area contributed by atoms with E-state index in [4.69, 9.17) is 14.3 Å². The minimum atomic E-state index is -0.503. The van der Waals surface area contributed by atoms with Gasteiger partial charge >= 0.3 is 0 Å². The monoisotopic (exact) mass is 231 g/mol. The van der Waals surface area contributed by atoms with E-state index in [9.17, 15) is 4.79 Å². The van der Waals surface area contributed by atoms with Crippen LogP contribution in [-0.2, 0) is 19.1 Å². The molecule has 2 unspecified atom stereocenters. The van der Waals surface area contributed by atoms with Gasteiger partial charge in [-0.15, -0.1) is 0 Å². The zero-order chi connectivity index (χ0) is 11.8. The fourth-order valence-corrected chi connectivity index (χ4v) is 1.49. The van der Waals surface area contributed by atoms with Crippen molar-refractivity contribution in [1.29, 1.82) is 0 Å². The summed E-state index contributed by atoms with van der Waals surface area (Å²) in [7, 11) is 0. The Kier molecular flexibility index (Phi) is 6.37. The van der Waals surface area contributed by atoms with E-state index < -0.39 is 6.10 Å². The topological polar surface area (TPSA) is 56.8 Å². The van der Waals surface area contributed by atoms with E-state index in [1.165, 1.54) is 6.42 Å². The van der Waals surface area contributed by atoms with Crippen molar-refractivity contribution in [3.05, 3.63) is 0 Å². The van der Waals surface area contributed by atoms with Crippen molar-refractivity contribution < 1.29 is 19.1 Å².